The lowest BCUT2D eigenvalue weighted by molar-refractivity contribution is -0.138. The number of nitrogens with zero attached hydrogens (tertiary/aromatic N) is 2. The van der Waals surface area contributed by atoms with Gasteiger partial charge in [-0.05, 0) is 26.0 Å². The van der Waals surface area contributed by atoms with E-state index >= 15 is 0 Å². The molecule has 0 unspecified atom stereocenters. The molecule has 1 heterocycles. The number of carbonyl (C=O) groups excluding carboxylic acids is 2. The molecule has 0 atom stereocenters. The number of rotatable bonds is 6. The molecule has 1 aromatic carbocycles. The molecule has 1 saturated heterocycles. The zero-order chi connectivity index (χ0) is 20.5. The van der Waals surface area contributed by atoms with Crippen LogP contribution in [0.3, 0.4) is 0 Å². The van der Waals surface area contributed by atoms with Crippen LogP contribution in [-0.4, -0.2) is 66.2 Å². The van der Waals surface area contributed by atoms with Crippen molar-refractivity contribution in [2.45, 2.75) is 13.8 Å². The van der Waals surface area contributed by atoms with Gasteiger partial charge in [0.05, 0.1) is 13.2 Å². The van der Waals surface area contributed by atoms with Crippen molar-refractivity contribution in [3.8, 4) is 0 Å². The Hall–Kier alpha value is -2.81. The van der Waals surface area contributed by atoms with Crippen LogP contribution in [0, 0.1) is 0 Å². The van der Waals surface area contributed by atoms with Crippen LogP contribution in [0.15, 0.2) is 41.7 Å². The number of hydrogen-bond acceptors (Lipinski definition) is 7. The van der Waals surface area contributed by atoms with Crippen molar-refractivity contribution in [3.63, 3.8) is 0 Å². The zero-order valence-electron chi connectivity index (χ0n) is 16.1. The lowest BCUT2D eigenvalue weighted by Gasteiger charge is -2.36. The predicted molar refractivity (Wildman–Crippen MR) is 111 cm³/mol. The van der Waals surface area contributed by atoms with Crippen molar-refractivity contribution in [3.05, 3.63) is 41.7 Å². The molecule has 0 radical (unpaired) electrons. The summed E-state index contributed by atoms with van der Waals surface area (Å²) in [7, 11) is 0. The number of nitrogens with one attached hydrogen (secondary N) is 1. The summed E-state index contributed by atoms with van der Waals surface area (Å²) in [5.74, 6) is -0.350. The molecule has 0 spiro atoms. The van der Waals surface area contributed by atoms with Gasteiger partial charge < -0.3 is 30.3 Å². The van der Waals surface area contributed by atoms with Gasteiger partial charge in [0.25, 0.3) is 0 Å². The first-order chi connectivity index (χ1) is 13.5. The largest absolute Gasteiger partial charge is 0.462 e. The maximum absolute atomic E-state index is 12.5. The smallest absolute Gasteiger partial charge is 0.409 e. The molecular weight excluding hydrogens is 380 g/mol. The highest BCUT2D eigenvalue weighted by Crippen LogP contribution is 2.16. The van der Waals surface area contributed by atoms with E-state index in [1.807, 2.05) is 35.2 Å². The second kappa shape index (κ2) is 10.5. The average molecular weight is 407 g/mol. The van der Waals surface area contributed by atoms with Gasteiger partial charge in [-0.15, -0.1) is 0 Å². The van der Waals surface area contributed by atoms with E-state index in [9.17, 15) is 9.59 Å². The predicted octanol–water partition coefficient (Wildman–Crippen LogP) is 1.93. The van der Waals surface area contributed by atoms with Crippen LogP contribution >= 0.6 is 12.2 Å². The standard InChI is InChI=1S/C19H26N4O4S/c1-3-26-18(24)15(17(28)21-14-8-6-5-7-9-14)16(20)22-10-12-23(13-11-22)19(25)27-4-2/h5-9H,3-4,10-13,20H2,1-2H3,(H,21,28)/b16-15-. The molecule has 0 aromatic heterocycles. The highest BCUT2D eigenvalue weighted by atomic mass is 32.1. The van der Waals surface area contributed by atoms with Crippen molar-refractivity contribution in [2.75, 3.05) is 44.7 Å². The first-order valence-corrected chi connectivity index (χ1v) is 9.58. The molecule has 0 aliphatic carbocycles. The number of anilines is 1. The summed E-state index contributed by atoms with van der Waals surface area (Å²) >= 11 is 5.43. The van der Waals surface area contributed by atoms with Crippen LogP contribution in [0.4, 0.5) is 10.5 Å². The lowest BCUT2D eigenvalue weighted by Crippen LogP contribution is -2.50. The third-order valence-electron chi connectivity index (χ3n) is 4.14. The van der Waals surface area contributed by atoms with Crippen LogP contribution in [0.2, 0.25) is 0 Å². The third-order valence-corrected chi connectivity index (χ3v) is 4.45. The van der Waals surface area contributed by atoms with Crippen molar-refractivity contribution >= 4 is 35.0 Å². The fourth-order valence-corrected chi connectivity index (χ4v) is 3.04. The minimum Gasteiger partial charge on any atom is -0.462 e. The van der Waals surface area contributed by atoms with Crippen molar-refractivity contribution in [1.82, 2.24) is 9.80 Å². The van der Waals surface area contributed by atoms with E-state index in [2.05, 4.69) is 5.32 Å². The van der Waals surface area contributed by atoms with Gasteiger partial charge in [0.15, 0.2) is 0 Å². The van der Waals surface area contributed by atoms with Gasteiger partial charge in [-0.1, -0.05) is 30.4 Å². The molecule has 0 bridgehead atoms. The van der Waals surface area contributed by atoms with Crippen molar-refractivity contribution in [2.24, 2.45) is 5.73 Å². The Labute approximate surface area is 170 Å². The number of amides is 1. The molecule has 9 heteroatoms. The Morgan fingerprint density at radius 3 is 2.18 bits per heavy atom. The number of ether oxygens (including phenoxy) is 2. The quantitative estimate of drug-likeness (QED) is 0.420. The molecule has 1 aromatic rings. The number of esters is 1. The van der Waals surface area contributed by atoms with Crippen molar-refractivity contribution < 1.29 is 19.1 Å². The van der Waals surface area contributed by atoms with Gasteiger partial charge in [0, 0.05) is 31.9 Å². The van der Waals surface area contributed by atoms with E-state index in [-0.39, 0.29) is 29.1 Å². The van der Waals surface area contributed by atoms with Gasteiger partial charge in [-0.25, -0.2) is 9.59 Å². The Kier molecular flexibility index (Phi) is 8.06. The summed E-state index contributed by atoms with van der Waals surface area (Å²) in [4.78, 5) is 28.0. The van der Waals surface area contributed by atoms with E-state index in [0.717, 1.165) is 5.69 Å². The second-order valence-corrected chi connectivity index (χ2v) is 6.38. The normalized spacial score (nSPS) is 14.8. The van der Waals surface area contributed by atoms with E-state index in [1.54, 1.807) is 18.7 Å². The number of hydrogen-bond donors (Lipinski definition) is 2. The van der Waals surface area contributed by atoms with E-state index in [0.29, 0.717) is 32.8 Å². The molecular formula is C19H26N4O4S. The summed E-state index contributed by atoms with van der Waals surface area (Å²) < 4.78 is 10.2. The maximum atomic E-state index is 12.5. The fourth-order valence-electron chi connectivity index (χ4n) is 2.73. The molecule has 0 saturated carbocycles. The van der Waals surface area contributed by atoms with Crippen LogP contribution < -0.4 is 11.1 Å². The first kappa shape index (κ1) is 21.5. The highest BCUT2D eigenvalue weighted by Gasteiger charge is 2.28. The number of carbonyl (C=O) groups is 2. The molecule has 1 aliphatic heterocycles. The van der Waals surface area contributed by atoms with Gasteiger partial charge in [-0.2, -0.15) is 0 Å². The van der Waals surface area contributed by atoms with Crippen LogP contribution in [-0.2, 0) is 14.3 Å². The minimum absolute atomic E-state index is 0.116. The van der Waals surface area contributed by atoms with Gasteiger partial charge in [0.1, 0.15) is 16.4 Å². The number of para-hydroxylation sites is 1. The maximum Gasteiger partial charge on any atom is 0.409 e. The van der Waals surface area contributed by atoms with E-state index in [4.69, 9.17) is 27.4 Å². The van der Waals surface area contributed by atoms with E-state index in [1.165, 1.54) is 0 Å². The third kappa shape index (κ3) is 5.59. The summed E-state index contributed by atoms with van der Waals surface area (Å²) in [5, 5.41) is 3.03. The fraction of sp³-hybridized carbons (Fsp3) is 0.421. The first-order valence-electron chi connectivity index (χ1n) is 9.17. The van der Waals surface area contributed by atoms with Crippen LogP contribution in [0.5, 0.6) is 0 Å². The summed E-state index contributed by atoms with van der Waals surface area (Å²) in [6.45, 7) is 5.82. The Bertz CT molecular complexity index is 731. The Balaban J connectivity index is 2.17. The summed E-state index contributed by atoms with van der Waals surface area (Å²) in [5.41, 5.74) is 7.16. The molecule has 2 rings (SSSR count). The summed E-state index contributed by atoms with van der Waals surface area (Å²) in [6.07, 6.45) is -0.350. The Morgan fingerprint density at radius 1 is 1.04 bits per heavy atom. The van der Waals surface area contributed by atoms with Gasteiger partial charge >= 0.3 is 12.1 Å². The zero-order valence-corrected chi connectivity index (χ0v) is 17.0. The molecule has 1 fully saturated rings. The van der Waals surface area contributed by atoms with Crippen LogP contribution in [0.1, 0.15) is 13.8 Å². The van der Waals surface area contributed by atoms with E-state index < -0.39 is 5.97 Å². The van der Waals surface area contributed by atoms with Gasteiger partial charge in [0.2, 0.25) is 0 Å². The van der Waals surface area contributed by atoms with Gasteiger partial charge in [-0.3, -0.25) is 0 Å². The summed E-state index contributed by atoms with van der Waals surface area (Å²) in [6, 6.07) is 9.27. The number of nitrogens with two attached hydrogens (primary N) is 1. The minimum atomic E-state index is -0.582. The molecule has 3 N–H and O–H groups in total. The lowest BCUT2D eigenvalue weighted by atomic mass is 10.2. The van der Waals surface area contributed by atoms with Crippen LogP contribution in [0.25, 0.3) is 0 Å². The van der Waals surface area contributed by atoms with Crippen molar-refractivity contribution in [1.29, 1.82) is 0 Å². The monoisotopic (exact) mass is 406 g/mol. The Morgan fingerprint density at radius 2 is 1.61 bits per heavy atom. The highest BCUT2D eigenvalue weighted by molar-refractivity contribution is 7.81. The number of thiocarbonyl (C=S) groups is 1. The molecule has 152 valence electrons. The molecule has 1 aliphatic rings. The second-order valence-electron chi connectivity index (χ2n) is 5.97. The average Bonchev–Trinajstić information content (AvgIpc) is 2.69. The molecule has 8 nitrogen and oxygen atoms in total. The topological polar surface area (TPSA) is 97.1 Å². The SMILES string of the molecule is CCOC(=O)/C(C(=S)Nc1ccccc1)=C(/N)N1CCN(C(=O)OCC)CC1. The molecule has 28 heavy (non-hydrogen) atoms. The number of piperazine rings is 1. The number of benzene rings is 1. The molecule has 1 amide bonds.